The molecule has 1 N–H and O–H groups in total. The quantitative estimate of drug-likeness (QED) is 0.321. The summed E-state index contributed by atoms with van der Waals surface area (Å²) in [7, 11) is 3.16. The van der Waals surface area contributed by atoms with Gasteiger partial charge in [0.05, 0.1) is 19.9 Å². The van der Waals surface area contributed by atoms with E-state index in [1.54, 1.807) is 26.5 Å². The molecule has 2 aromatic heterocycles. The molecular weight excluding hydrogens is 426 g/mol. The second-order valence-corrected chi connectivity index (χ2v) is 7.74. The molecule has 2 aromatic carbocycles. The SMILES string of the molecule is COc1ccc(-c2csc(C(C#N)=CNc3ccc4c(C)cc(=O)oc4c3)n2)cc1OC. The van der Waals surface area contributed by atoms with Crippen molar-refractivity contribution in [2.24, 2.45) is 0 Å². The lowest BCUT2D eigenvalue weighted by atomic mass is 10.1. The van der Waals surface area contributed by atoms with E-state index >= 15 is 0 Å². The van der Waals surface area contributed by atoms with E-state index in [4.69, 9.17) is 13.9 Å². The van der Waals surface area contributed by atoms with Gasteiger partial charge >= 0.3 is 5.63 Å². The molecule has 8 heteroatoms. The number of hydrogen-bond acceptors (Lipinski definition) is 8. The molecule has 4 rings (SSSR count). The number of nitriles is 1. The molecule has 0 bridgehead atoms. The highest BCUT2D eigenvalue weighted by molar-refractivity contribution is 7.11. The van der Waals surface area contributed by atoms with Crippen LogP contribution in [0.5, 0.6) is 11.5 Å². The Bertz CT molecular complexity index is 1430. The third-order valence-electron chi connectivity index (χ3n) is 4.87. The molecule has 0 fully saturated rings. The highest BCUT2D eigenvalue weighted by atomic mass is 32.1. The number of fused-ring (bicyclic) bond motifs is 1. The minimum atomic E-state index is -0.397. The number of aromatic nitrogens is 1. The molecule has 0 atom stereocenters. The molecule has 7 nitrogen and oxygen atoms in total. The van der Waals surface area contributed by atoms with E-state index in [1.165, 1.54) is 17.4 Å². The highest BCUT2D eigenvalue weighted by Gasteiger charge is 2.12. The predicted molar refractivity (Wildman–Crippen MR) is 125 cm³/mol. The van der Waals surface area contributed by atoms with Gasteiger partial charge in [-0.2, -0.15) is 5.26 Å². The van der Waals surface area contributed by atoms with Gasteiger partial charge in [-0.3, -0.25) is 0 Å². The maximum atomic E-state index is 11.6. The number of methoxy groups -OCH3 is 2. The van der Waals surface area contributed by atoms with Crippen LogP contribution in [0.4, 0.5) is 5.69 Å². The first-order valence-electron chi connectivity index (χ1n) is 9.62. The molecule has 4 aromatic rings. The first-order chi connectivity index (χ1) is 15.5. The second kappa shape index (κ2) is 8.96. The molecule has 0 aliphatic heterocycles. The Morgan fingerprint density at radius 1 is 1.16 bits per heavy atom. The first-order valence-corrected chi connectivity index (χ1v) is 10.5. The molecule has 0 radical (unpaired) electrons. The van der Waals surface area contributed by atoms with Crippen LogP contribution in [-0.4, -0.2) is 19.2 Å². The zero-order valence-electron chi connectivity index (χ0n) is 17.6. The zero-order chi connectivity index (χ0) is 22.7. The molecular formula is C24H19N3O4S. The van der Waals surface area contributed by atoms with E-state index in [2.05, 4.69) is 16.4 Å². The summed E-state index contributed by atoms with van der Waals surface area (Å²) < 4.78 is 15.9. The summed E-state index contributed by atoms with van der Waals surface area (Å²) >= 11 is 1.37. The van der Waals surface area contributed by atoms with Crippen molar-refractivity contribution < 1.29 is 13.9 Å². The van der Waals surface area contributed by atoms with Crippen molar-refractivity contribution in [2.45, 2.75) is 6.92 Å². The smallest absolute Gasteiger partial charge is 0.336 e. The summed E-state index contributed by atoms with van der Waals surface area (Å²) in [5.74, 6) is 1.24. The number of hydrogen-bond donors (Lipinski definition) is 1. The molecule has 0 unspecified atom stereocenters. The molecule has 0 spiro atoms. The maximum Gasteiger partial charge on any atom is 0.336 e. The normalized spacial score (nSPS) is 11.2. The van der Waals surface area contributed by atoms with Crippen LogP contribution in [0.1, 0.15) is 10.6 Å². The van der Waals surface area contributed by atoms with Gasteiger partial charge in [0, 0.05) is 40.3 Å². The van der Waals surface area contributed by atoms with Crippen molar-refractivity contribution in [1.82, 2.24) is 4.98 Å². The van der Waals surface area contributed by atoms with Crippen LogP contribution in [0, 0.1) is 18.3 Å². The second-order valence-electron chi connectivity index (χ2n) is 6.88. The van der Waals surface area contributed by atoms with Gasteiger partial charge in [0.2, 0.25) is 0 Å². The standard InChI is InChI=1S/C24H19N3O4S/c1-14-8-23(28)31-21-10-17(5-6-18(14)21)26-12-16(11-25)24-27-19(13-32-24)15-4-7-20(29-2)22(9-15)30-3/h4-10,12-13,26H,1-3H3. The lowest BCUT2D eigenvalue weighted by Crippen LogP contribution is -1.98. The van der Waals surface area contributed by atoms with E-state index in [1.807, 2.05) is 42.6 Å². The Balaban J connectivity index is 1.60. The van der Waals surface area contributed by atoms with Gasteiger partial charge < -0.3 is 19.2 Å². The first kappa shape index (κ1) is 21.2. The van der Waals surface area contributed by atoms with Crippen molar-refractivity contribution in [1.29, 1.82) is 5.26 Å². The van der Waals surface area contributed by atoms with Gasteiger partial charge in [0.25, 0.3) is 0 Å². The number of thiazole rings is 1. The molecule has 0 aliphatic carbocycles. The van der Waals surface area contributed by atoms with E-state index in [0.717, 1.165) is 22.2 Å². The number of nitrogens with one attached hydrogen (secondary N) is 1. The van der Waals surface area contributed by atoms with Crippen molar-refractivity contribution in [3.8, 4) is 28.8 Å². The molecule has 0 amide bonds. The summed E-state index contributed by atoms with van der Waals surface area (Å²) in [6, 6.07) is 14.6. The predicted octanol–water partition coefficient (Wildman–Crippen LogP) is 5.22. The molecule has 2 heterocycles. The number of nitrogens with zero attached hydrogens (tertiary/aromatic N) is 2. The third kappa shape index (κ3) is 4.19. The summed E-state index contributed by atoms with van der Waals surface area (Å²) in [5.41, 5.74) is 3.60. The molecule has 0 saturated heterocycles. The number of allylic oxidation sites excluding steroid dienone is 1. The van der Waals surface area contributed by atoms with Gasteiger partial charge in [0.1, 0.15) is 22.2 Å². The summed E-state index contributed by atoms with van der Waals surface area (Å²) in [6.07, 6.45) is 1.59. The fraction of sp³-hybridized carbons (Fsp3) is 0.125. The van der Waals surface area contributed by atoms with Crippen molar-refractivity contribution in [2.75, 3.05) is 19.5 Å². The summed E-state index contributed by atoms with van der Waals surface area (Å²) in [4.78, 5) is 16.2. The number of anilines is 1. The van der Waals surface area contributed by atoms with E-state index in [9.17, 15) is 10.1 Å². The maximum absolute atomic E-state index is 11.6. The lowest BCUT2D eigenvalue weighted by molar-refractivity contribution is 0.355. The minimum Gasteiger partial charge on any atom is -0.493 e. The van der Waals surface area contributed by atoms with Crippen molar-refractivity contribution >= 4 is 33.6 Å². The number of benzene rings is 2. The molecule has 160 valence electrons. The molecule has 0 saturated carbocycles. The van der Waals surface area contributed by atoms with Crippen LogP contribution in [0.3, 0.4) is 0 Å². The van der Waals surface area contributed by atoms with E-state index in [0.29, 0.717) is 33.4 Å². The lowest BCUT2D eigenvalue weighted by Gasteiger charge is -2.08. The Hall–Kier alpha value is -4.09. The Morgan fingerprint density at radius 2 is 1.97 bits per heavy atom. The van der Waals surface area contributed by atoms with Crippen LogP contribution in [0.2, 0.25) is 0 Å². The fourth-order valence-electron chi connectivity index (χ4n) is 3.24. The Labute approximate surface area is 188 Å². The van der Waals surface area contributed by atoms with Crippen molar-refractivity contribution in [3.63, 3.8) is 0 Å². The van der Waals surface area contributed by atoms with Gasteiger partial charge in [-0.25, -0.2) is 9.78 Å². The van der Waals surface area contributed by atoms with Gasteiger partial charge in [0.15, 0.2) is 11.5 Å². The Morgan fingerprint density at radius 3 is 2.72 bits per heavy atom. The van der Waals surface area contributed by atoms with Gasteiger partial charge in [-0.1, -0.05) is 0 Å². The highest BCUT2D eigenvalue weighted by Crippen LogP contribution is 2.33. The van der Waals surface area contributed by atoms with E-state index < -0.39 is 5.63 Å². The average molecular weight is 446 g/mol. The van der Waals surface area contributed by atoms with Crippen LogP contribution in [-0.2, 0) is 0 Å². The van der Waals surface area contributed by atoms with Crippen LogP contribution < -0.4 is 20.4 Å². The summed E-state index contributed by atoms with van der Waals surface area (Å²) in [5, 5.41) is 16.1. The largest absolute Gasteiger partial charge is 0.493 e. The zero-order valence-corrected chi connectivity index (χ0v) is 18.4. The van der Waals surface area contributed by atoms with Crippen LogP contribution >= 0.6 is 11.3 Å². The monoisotopic (exact) mass is 445 g/mol. The molecule has 32 heavy (non-hydrogen) atoms. The average Bonchev–Trinajstić information content (AvgIpc) is 3.28. The topological polar surface area (TPSA) is 97.4 Å². The van der Waals surface area contributed by atoms with Crippen LogP contribution in [0.15, 0.2) is 63.3 Å². The molecule has 0 aliphatic rings. The van der Waals surface area contributed by atoms with Crippen LogP contribution in [0.25, 0.3) is 27.8 Å². The number of ether oxygens (including phenoxy) is 2. The van der Waals surface area contributed by atoms with E-state index in [-0.39, 0.29) is 0 Å². The Kier molecular flexibility index (Phi) is 5.92. The number of aryl methyl sites for hydroxylation is 1. The number of rotatable bonds is 6. The fourth-order valence-corrected chi connectivity index (χ4v) is 4.03. The minimum absolute atomic E-state index is 0.382. The van der Waals surface area contributed by atoms with Gasteiger partial charge in [-0.15, -0.1) is 11.3 Å². The van der Waals surface area contributed by atoms with Crippen molar-refractivity contribution in [3.05, 3.63) is 75.0 Å². The van der Waals surface area contributed by atoms with Gasteiger partial charge in [-0.05, 0) is 42.8 Å². The third-order valence-corrected chi connectivity index (χ3v) is 5.74. The summed E-state index contributed by atoms with van der Waals surface area (Å²) in [6.45, 7) is 1.86.